The van der Waals surface area contributed by atoms with Crippen LogP contribution in [0, 0.1) is 5.82 Å². The van der Waals surface area contributed by atoms with E-state index in [4.69, 9.17) is 0 Å². The number of nitrogens with one attached hydrogen (secondary N) is 2. The maximum Gasteiger partial charge on any atom is 0.127 e. The number of rotatable bonds is 2. The molecule has 13 heavy (non-hydrogen) atoms. The van der Waals surface area contributed by atoms with Gasteiger partial charge in [0.2, 0.25) is 0 Å². The van der Waals surface area contributed by atoms with E-state index in [9.17, 15) is 4.39 Å². The summed E-state index contributed by atoms with van der Waals surface area (Å²) in [6, 6.07) is 6.25. The van der Waals surface area contributed by atoms with Crippen molar-refractivity contribution in [3.05, 3.63) is 42.6 Å². The molecule has 2 N–H and O–H groups in total. The molecule has 0 aliphatic rings. The fourth-order valence-electron chi connectivity index (χ4n) is 1.05. The second-order valence-corrected chi connectivity index (χ2v) is 2.60. The summed E-state index contributed by atoms with van der Waals surface area (Å²) in [5.74, 6) is 0.482. The molecule has 0 unspecified atom stereocenters. The predicted molar refractivity (Wildman–Crippen MR) is 48.3 cm³/mol. The van der Waals surface area contributed by atoms with Crippen LogP contribution >= 0.6 is 0 Å². The van der Waals surface area contributed by atoms with Gasteiger partial charge in [-0.05, 0) is 18.2 Å². The SMILES string of the molecule is Fc1cccc(Nc2cnc[nH]2)c1. The molecule has 0 aliphatic carbocycles. The Morgan fingerprint density at radius 3 is 3.00 bits per heavy atom. The lowest BCUT2D eigenvalue weighted by molar-refractivity contribution is 0.628. The third kappa shape index (κ3) is 1.84. The highest BCUT2D eigenvalue weighted by Gasteiger charge is 1.95. The summed E-state index contributed by atoms with van der Waals surface area (Å²) in [5, 5.41) is 2.97. The fraction of sp³-hybridized carbons (Fsp3) is 0. The van der Waals surface area contributed by atoms with Crippen LogP contribution in [0.3, 0.4) is 0 Å². The molecule has 0 fully saturated rings. The number of imidazole rings is 1. The maximum absolute atomic E-state index is 12.7. The lowest BCUT2D eigenvalue weighted by Gasteiger charge is -2.01. The van der Waals surface area contributed by atoms with E-state index >= 15 is 0 Å². The van der Waals surface area contributed by atoms with Gasteiger partial charge in [0.25, 0.3) is 0 Å². The third-order valence-corrected chi connectivity index (χ3v) is 1.60. The van der Waals surface area contributed by atoms with E-state index in [2.05, 4.69) is 15.3 Å². The Morgan fingerprint density at radius 2 is 2.31 bits per heavy atom. The van der Waals surface area contributed by atoms with Crippen molar-refractivity contribution < 1.29 is 4.39 Å². The summed E-state index contributed by atoms with van der Waals surface area (Å²) in [5.41, 5.74) is 0.698. The average Bonchev–Trinajstić information content (AvgIpc) is 2.57. The molecular weight excluding hydrogens is 169 g/mol. The number of benzene rings is 1. The summed E-state index contributed by atoms with van der Waals surface area (Å²) in [6.45, 7) is 0. The number of halogens is 1. The minimum atomic E-state index is -0.260. The van der Waals surface area contributed by atoms with Crippen LogP contribution in [-0.2, 0) is 0 Å². The Labute approximate surface area is 74.6 Å². The first-order valence-corrected chi connectivity index (χ1v) is 3.85. The molecule has 0 atom stereocenters. The summed E-state index contributed by atoms with van der Waals surface area (Å²) >= 11 is 0. The molecule has 2 rings (SSSR count). The van der Waals surface area contributed by atoms with Crippen LogP contribution in [-0.4, -0.2) is 9.97 Å². The first-order chi connectivity index (χ1) is 6.34. The minimum absolute atomic E-state index is 0.260. The smallest absolute Gasteiger partial charge is 0.127 e. The third-order valence-electron chi connectivity index (χ3n) is 1.60. The van der Waals surface area contributed by atoms with Gasteiger partial charge in [-0.15, -0.1) is 0 Å². The van der Waals surface area contributed by atoms with Gasteiger partial charge in [-0.1, -0.05) is 6.07 Å². The molecule has 0 saturated heterocycles. The second kappa shape index (κ2) is 3.26. The van der Waals surface area contributed by atoms with Gasteiger partial charge < -0.3 is 10.3 Å². The van der Waals surface area contributed by atoms with Gasteiger partial charge in [-0.2, -0.15) is 0 Å². The van der Waals surface area contributed by atoms with Crippen molar-refractivity contribution in [1.29, 1.82) is 0 Å². The molecule has 0 amide bonds. The van der Waals surface area contributed by atoms with Crippen LogP contribution in [0.1, 0.15) is 0 Å². The Bertz CT molecular complexity index is 384. The summed E-state index contributed by atoms with van der Waals surface area (Å²) in [4.78, 5) is 6.69. The van der Waals surface area contributed by atoms with Crippen molar-refractivity contribution >= 4 is 11.5 Å². The van der Waals surface area contributed by atoms with Gasteiger partial charge in [0, 0.05) is 5.69 Å². The zero-order valence-electron chi connectivity index (χ0n) is 6.79. The summed E-state index contributed by atoms with van der Waals surface area (Å²) in [6.07, 6.45) is 3.19. The van der Waals surface area contributed by atoms with E-state index in [0.29, 0.717) is 5.69 Å². The Balaban J connectivity index is 2.19. The van der Waals surface area contributed by atoms with Gasteiger partial charge in [-0.3, -0.25) is 0 Å². The number of H-pyrrole nitrogens is 1. The number of anilines is 2. The molecule has 1 aromatic heterocycles. The lowest BCUT2D eigenvalue weighted by Crippen LogP contribution is -1.90. The van der Waals surface area contributed by atoms with E-state index in [-0.39, 0.29) is 5.82 Å². The summed E-state index contributed by atoms with van der Waals surface area (Å²) in [7, 11) is 0. The molecule has 1 aromatic carbocycles. The number of nitrogens with zero attached hydrogens (tertiary/aromatic N) is 1. The standard InChI is InChI=1S/C9H8FN3/c10-7-2-1-3-8(4-7)13-9-5-11-6-12-9/h1-6,13H,(H,11,12). The number of hydrogen-bond acceptors (Lipinski definition) is 2. The molecule has 66 valence electrons. The van der Waals surface area contributed by atoms with Crippen LogP contribution < -0.4 is 5.32 Å². The molecule has 0 aliphatic heterocycles. The summed E-state index contributed by atoms with van der Waals surface area (Å²) < 4.78 is 12.7. The normalized spacial score (nSPS) is 9.92. The monoisotopic (exact) mass is 177 g/mol. The fourth-order valence-corrected chi connectivity index (χ4v) is 1.05. The molecule has 1 heterocycles. The number of hydrogen-bond donors (Lipinski definition) is 2. The van der Waals surface area contributed by atoms with Crippen molar-refractivity contribution in [3.63, 3.8) is 0 Å². The van der Waals surface area contributed by atoms with E-state index < -0.39 is 0 Å². The van der Waals surface area contributed by atoms with Gasteiger partial charge in [0.05, 0.1) is 12.5 Å². The molecule has 0 saturated carbocycles. The van der Waals surface area contributed by atoms with Crippen LogP contribution in [0.2, 0.25) is 0 Å². The van der Waals surface area contributed by atoms with Crippen molar-refractivity contribution in [2.24, 2.45) is 0 Å². The molecule has 0 bridgehead atoms. The topological polar surface area (TPSA) is 40.7 Å². The van der Waals surface area contributed by atoms with Crippen LogP contribution in [0.4, 0.5) is 15.9 Å². The molecule has 3 nitrogen and oxygen atoms in total. The number of aromatic nitrogens is 2. The largest absolute Gasteiger partial charge is 0.340 e. The Kier molecular flexibility index (Phi) is 1.96. The molecular formula is C9H8FN3. The first-order valence-electron chi connectivity index (χ1n) is 3.85. The van der Waals surface area contributed by atoms with Crippen molar-refractivity contribution in [1.82, 2.24) is 9.97 Å². The van der Waals surface area contributed by atoms with Gasteiger partial charge >= 0.3 is 0 Å². The van der Waals surface area contributed by atoms with Gasteiger partial charge in [0.15, 0.2) is 0 Å². The van der Waals surface area contributed by atoms with Crippen LogP contribution in [0.25, 0.3) is 0 Å². The van der Waals surface area contributed by atoms with Gasteiger partial charge in [-0.25, -0.2) is 9.37 Å². The molecule has 0 spiro atoms. The van der Waals surface area contributed by atoms with E-state index in [1.807, 2.05) is 0 Å². The minimum Gasteiger partial charge on any atom is -0.340 e. The lowest BCUT2D eigenvalue weighted by atomic mass is 10.3. The van der Waals surface area contributed by atoms with Crippen LogP contribution in [0.5, 0.6) is 0 Å². The second-order valence-electron chi connectivity index (χ2n) is 2.60. The van der Waals surface area contributed by atoms with E-state index in [1.54, 1.807) is 24.7 Å². The van der Waals surface area contributed by atoms with E-state index in [0.717, 1.165) is 5.82 Å². The Hall–Kier alpha value is -1.84. The highest BCUT2D eigenvalue weighted by atomic mass is 19.1. The molecule has 2 aromatic rings. The first kappa shape index (κ1) is 7.79. The zero-order valence-corrected chi connectivity index (χ0v) is 6.79. The van der Waals surface area contributed by atoms with E-state index in [1.165, 1.54) is 12.1 Å². The van der Waals surface area contributed by atoms with Crippen LogP contribution in [0.15, 0.2) is 36.8 Å². The average molecular weight is 177 g/mol. The predicted octanol–water partition coefficient (Wildman–Crippen LogP) is 2.29. The highest BCUT2D eigenvalue weighted by molar-refractivity contribution is 5.54. The Morgan fingerprint density at radius 1 is 1.38 bits per heavy atom. The molecule has 4 heteroatoms. The molecule has 0 radical (unpaired) electrons. The number of aromatic amines is 1. The highest BCUT2D eigenvalue weighted by Crippen LogP contribution is 2.13. The van der Waals surface area contributed by atoms with Gasteiger partial charge in [0.1, 0.15) is 11.6 Å². The zero-order chi connectivity index (χ0) is 9.10. The quantitative estimate of drug-likeness (QED) is 0.738. The van der Waals surface area contributed by atoms with Crippen molar-refractivity contribution in [2.75, 3.05) is 5.32 Å². The van der Waals surface area contributed by atoms with Crippen molar-refractivity contribution in [2.45, 2.75) is 0 Å². The maximum atomic E-state index is 12.7. The van der Waals surface area contributed by atoms with Crippen molar-refractivity contribution in [3.8, 4) is 0 Å².